The summed E-state index contributed by atoms with van der Waals surface area (Å²) >= 11 is 0. The largest absolute Gasteiger partial charge is 0.369 e. The second kappa shape index (κ2) is 6.80. The molecule has 1 saturated heterocycles. The third-order valence-corrected chi connectivity index (χ3v) is 5.66. The summed E-state index contributed by atoms with van der Waals surface area (Å²) in [6.07, 6.45) is 2.29. The molecule has 0 spiro atoms. The molecule has 8 heteroatoms. The predicted octanol–water partition coefficient (Wildman–Crippen LogP) is 0.728. The maximum absolute atomic E-state index is 12.6. The Morgan fingerprint density at radius 3 is 2.29 bits per heavy atom. The Bertz CT molecular complexity index is 753. The van der Waals surface area contributed by atoms with E-state index in [0.717, 1.165) is 6.26 Å². The molecule has 24 heavy (non-hydrogen) atoms. The molecule has 1 aliphatic heterocycles. The van der Waals surface area contributed by atoms with Gasteiger partial charge in [-0.1, -0.05) is 0 Å². The van der Waals surface area contributed by atoms with Crippen molar-refractivity contribution in [3.05, 3.63) is 29.3 Å². The first-order valence-electron chi connectivity index (χ1n) is 7.74. The smallest absolute Gasteiger partial charge is 0.253 e. The SMILES string of the molecule is Cc1cc(C(=O)N2CCC(C(N)=O)CC2)ccc1N(C)S(C)(=O)=O. The van der Waals surface area contributed by atoms with Crippen LogP contribution in [-0.2, 0) is 14.8 Å². The summed E-state index contributed by atoms with van der Waals surface area (Å²) < 4.78 is 24.5. The van der Waals surface area contributed by atoms with E-state index in [-0.39, 0.29) is 17.7 Å². The molecule has 0 radical (unpaired) electrons. The van der Waals surface area contributed by atoms with Crippen LogP contribution in [0.2, 0.25) is 0 Å². The van der Waals surface area contributed by atoms with Gasteiger partial charge >= 0.3 is 0 Å². The van der Waals surface area contributed by atoms with Gasteiger partial charge in [-0.15, -0.1) is 0 Å². The number of nitrogens with two attached hydrogens (primary N) is 1. The van der Waals surface area contributed by atoms with Gasteiger partial charge < -0.3 is 10.6 Å². The molecule has 1 heterocycles. The average molecular weight is 353 g/mol. The Balaban J connectivity index is 2.15. The highest BCUT2D eigenvalue weighted by atomic mass is 32.2. The molecule has 2 N–H and O–H groups in total. The van der Waals surface area contributed by atoms with E-state index in [1.165, 1.54) is 11.4 Å². The lowest BCUT2D eigenvalue weighted by atomic mass is 9.95. The first kappa shape index (κ1) is 18.3. The molecule has 0 bridgehead atoms. The minimum atomic E-state index is -3.35. The Hall–Kier alpha value is -2.09. The van der Waals surface area contributed by atoms with Crippen LogP contribution in [0.4, 0.5) is 5.69 Å². The zero-order valence-corrected chi connectivity index (χ0v) is 15.0. The van der Waals surface area contributed by atoms with Gasteiger partial charge in [0, 0.05) is 31.6 Å². The van der Waals surface area contributed by atoms with E-state index in [4.69, 9.17) is 5.73 Å². The van der Waals surface area contributed by atoms with Crippen LogP contribution in [0.1, 0.15) is 28.8 Å². The van der Waals surface area contributed by atoms with Gasteiger partial charge in [0.15, 0.2) is 0 Å². The molecule has 0 unspecified atom stereocenters. The van der Waals surface area contributed by atoms with E-state index in [9.17, 15) is 18.0 Å². The minimum Gasteiger partial charge on any atom is -0.369 e. The monoisotopic (exact) mass is 353 g/mol. The van der Waals surface area contributed by atoms with Gasteiger partial charge in [-0.05, 0) is 43.5 Å². The van der Waals surface area contributed by atoms with Crippen LogP contribution in [0, 0.1) is 12.8 Å². The fraction of sp³-hybridized carbons (Fsp3) is 0.500. The molecule has 1 fully saturated rings. The summed E-state index contributed by atoms with van der Waals surface area (Å²) in [5.74, 6) is -0.595. The first-order chi connectivity index (χ1) is 11.1. The molecule has 0 aromatic heterocycles. The van der Waals surface area contributed by atoms with E-state index in [0.29, 0.717) is 42.7 Å². The van der Waals surface area contributed by atoms with Gasteiger partial charge in [0.2, 0.25) is 15.9 Å². The van der Waals surface area contributed by atoms with Crippen molar-refractivity contribution in [3.8, 4) is 0 Å². The van der Waals surface area contributed by atoms with Gasteiger partial charge in [0.05, 0.1) is 11.9 Å². The summed E-state index contributed by atoms with van der Waals surface area (Å²) in [5, 5.41) is 0. The fourth-order valence-corrected chi connectivity index (χ4v) is 3.43. The molecule has 132 valence electrons. The number of anilines is 1. The van der Waals surface area contributed by atoms with Crippen LogP contribution >= 0.6 is 0 Å². The summed E-state index contributed by atoms with van der Waals surface area (Å²) in [6.45, 7) is 2.76. The first-order valence-corrected chi connectivity index (χ1v) is 9.59. The molecular formula is C16H23N3O4S. The van der Waals surface area contributed by atoms with Gasteiger partial charge in [-0.2, -0.15) is 0 Å². The Kier molecular flexibility index (Phi) is 5.17. The normalized spacial score (nSPS) is 16.0. The van der Waals surface area contributed by atoms with Crippen molar-refractivity contribution in [2.45, 2.75) is 19.8 Å². The zero-order chi connectivity index (χ0) is 18.1. The predicted molar refractivity (Wildman–Crippen MR) is 92.2 cm³/mol. The van der Waals surface area contributed by atoms with E-state index in [1.807, 2.05) is 0 Å². The number of hydrogen-bond acceptors (Lipinski definition) is 4. The van der Waals surface area contributed by atoms with Crippen LogP contribution in [0.3, 0.4) is 0 Å². The van der Waals surface area contributed by atoms with Crippen LogP contribution in [0.15, 0.2) is 18.2 Å². The fourth-order valence-electron chi connectivity index (χ4n) is 2.87. The topological polar surface area (TPSA) is 101 Å². The number of rotatable bonds is 4. The number of amides is 2. The number of nitrogens with zero attached hydrogens (tertiary/aromatic N) is 2. The summed E-state index contributed by atoms with van der Waals surface area (Å²) in [7, 11) is -1.87. The van der Waals surface area contributed by atoms with E-state index in [1.54, 1.807) is 30.0 Å². The van der Waals surface area contributed by atoms with E-state index < -0.39 is 10.0 Å². The van der Waals surface area contributed by atoms with E-state index >= 15 is 0 Å². The Morgan fingerprint density at radius 1 is 1.25 bits per heavy atom. The summed E-state index contributed by atoms with van der Waals surface area (Å²) in [6, 6.07) is 4.96. The third-order valence-electron chi connectivity index (χ3n) is 4.47. The molecule has 2 rings (SSSR count). The minimum absolute atomic E-state index is 0.116. The number of carbonyl (C=O) groups excluding carboxylic acids is 2. The Labute approximate surface area is 142 Å². The lowest BCUT2D eigenvalue weighted by Gasteiger charge is -2.31. The van der Waals surface area contributed by atoms with Crippen molar-refractivity contribution in [1.29, 1.82) is 0 Å². The lowest BCUT2D eigenvalue weighted by molar-refractivity contribution is -0.123. The number of hydrogen-bond donors (Lipinski definition) is 1. The van der Waals surface area contributed by atoms with Crippen molar-refractivity contribution in [2.24, 2.45) is 11.7 Å². The zero-order valence-electron chi connectivity index (χ0n) is 14.2. The van der Waals surface area contributed by atoms with Crippen molar-refractivity contribution in [1.82, 2.24) is 4.90 Å². The van der Waals surface area contributed by atoms with Crippen LogP contribution in [0.5, 0.6) is 0 Å². The third kappa shape index (κ3) is 3.87. The highest BCUT2D eigenvalue weighted by molar-refractivity contribution is 7.92. The van der Waals surface area contributed by atoms with Gasteiger partial charge in [0.25, 0.3) is 5.91 Å². The molecular weight excluding hydrogens is 330 g/mol. The van der Waals surface area contributed by atoms with Crippen LogP contribution in [-0.4, -0.2) is 51.5 Å². The highest BCUT2D eigenvalue weighted by Gasteiger charge is 2.26. The molecule has 2 amide bonds. The number of piperidine rings is 1. The van der Waals surface area contributed by atoms with Crippen molar-refractivity contribution in [2.75, 3.05) is 30.7 Å². The maximum Gasteiger partial charge on any atom is 0.253 e. The second-order valence-corrected chi connectivity index (χ2v) is 8.21. The molecule has 1 aliphatic rings. The highest BCUT2D eigenvalue weighted by Crippen LogP contribution is 2.24. The van der Waals surface area contributed by atoms with Gasteiger partial charge in [0.1, 0.15) is 0 Å². The molecule has 0 saturated carbocycles. The number of sulfonamides is 1. The number of likely N-dealkylation sites (tertiary alicyclic amines) is 1. The summed E-state index contributed by atoms with van der Waals surface area (Å²) in [4.78, 5) is 25.5. The number of benzene rings is 1. The van der Waals surface area contributed by atoms with Crippen LogP contribution < -0.4 is 10.0 Å². The molecule has 7 nitrogen and oxygen atoms in total. The van der Waals surface area contributed by atoms with Gasteiger partial charge in [-0.25, -0.2) is 8.42 Å². The van der Waals surface area contributed by atoms with Crippen molar-refractivity contribution >= 4 is 27.5 Å². The number of aryl methyl sites for hydroxylation is 1. The number of carbonyl (C=O) groups is 2. The van der Waals surface area contributed by atoms with Crippen molar-refractivity contribution < 1.29 is 18.0 Å². The standard InChI is InChI=1S/C16H23N3O4S/c1-11-10-13(4-5-14(11)18(2)24(3,22)23)16(21)19-8-6-12(7-9-19)15(17)20/h4-5,10,12H,6-9H2,1-3H3,(H2,17,20). The Morgan fingerprint density at radius 2 is 1.83 bits per heavy atom. The summed E-state index contributed by atoms with van der Waals surface area (Å²) in [5.41, 5.74) is 7.07. The van der Waals surface area contributed by atoms with E-state index in [2.05, 4.69) is 0 Å². The number of primary amides is 1. The molecule has 0 atom stereocenters. The molecule has 1 aromatic carbocycles. The molecule has 0 aliphatic carbocycles. The second-order valence-electron chi connectivity index (χ2n) is 6.20. The average Bonchev–Trinajstić information content (AvgIpc) is 2.52. The van der Waals surface area contributed by atoms with Gasteiger partial charge in [-0.3, -0.25) is 13.9 Å². The quantitative estimate of drug-likeness (QED) is 0.862. The molecule has 1 aromatic rings. The maximum atomic E-state index is 12.6. The van der Waals surface area contributed by atoms with Crippen molar-refractivity contribution in [3.63, 3.8) is 0 Å². The van der Waals surface area contributed by atoms with Crippen LogP contribution in [0.25, 0.3) is 0 Å². The lowest BCUT2D eigenvalue weighted by Crippen LogP contribution is -2.41.